The molecule has 326 valence electrons. The number of esters is 3. The van der Waals surface area contributed by atoms with Crippen molar-refractivity contribution < 1.29 is 33.3 Å². The van der Waals surface area contributed by atoms with Gasteiger partial charge in [-0.1, -0.05) is 140 Å². The average Bonchev–Trinajstić information content (AvgIpc) is 3.52. The van der Waals surface area contributed by atoms with E-state index in [1.165, 1.54) is 94.3 Å². The second-order valence-electron chi connectivity index (χ2n) is 16.6. The van der Waals surface area contributed by atoms with Crippen LogP contribution in [0.4, 0.5) is 0 Å². The van der Waals surface area contributed by atoms with Crippen LogP contribution < -0.4 is 4.74 Å². The molecule has 7 nitrogen and oxygen atoms in total. The highest BCUT2D eigenvalue weighted by Crippen LogP contribution is 2.35. The maximum Gasteiger partial charge on any atom is 0.390 e. The molecule has 0 N–H and O–H groups in total. The van der Waals surface area contributed by atoms with Gasteiger partial charge in [0.15, 0.2) is 0 Å². The number of benzene rings is 2. The first-order valence-corrected chi connectivity index (χ1v) is 23.4. The fourth-order valence-corrected chi connectivity index (χ4v) is 8.07. The van der Waals surface area contributed by atoms with Gasteiger partial charge in [-0.25, -0.2) is 9.59 Å². The second kappa shape index (κ2) is 29.6. The Balaban J connectivity index is 1.05. The van der Waals surface area contributed by atoms with Gasteiger partial charge in [-0.15, -0.1) is 0 Å². The van der Waals surface area contributed by atoms with Gasteiger partial charge in [0, 0.05) is 29.9 Å². The molecular formula is C53H72O7. The van der Waals surface area contributed by atoms with E-state index >= 15 is 0 Å². The fraction of sp³-hybridized carbons (Fsp3) is 0.566. The molecule has 0 heterocycles. The van der Waals surface area contributed by atoms with Crippen LogP contribution in [0, 0.1) is 11.8 Å². The third-order valence-electron chi connectivity index (χ3n) is 11.7. The van der Waals surface area contributed by atoms with Crippen LogP contribution in [0.1, 0.15) is 190 Å². The molecule has 0 saturated heterocycles. The molecule has 1 atom stereocenters. The summed E-state index contributed by atoms with van der Waals surface area (Å²) in [6.45, 7) is 6.88. The minimum absolute atomic E-state index is 0.0251. The Kier molecular flexibility index (Phi) is 23.7. The summed E-state index contributed by atoms with van der Waals surface area (Å²) in [4.78, 5) is 36.0. The van der Waals surface area contributed by atoms with E-state index in [1.54, 1.807) is 0 Å². The van der Waals surface area contributed by atoms with Gasteiger partial charge in [0.2, 0.25) is 0 Å². The van der Waals surface area contributed by atoms with Gasteiger partial charge >= 0.3 is 17.9 Å². The highest BCUT2D eigenvalue weighted by Gasteiger charge is 2.25. The van der Waals surface area contributed by atoms with Crippen LogP contribution in [0.5, 0.6) is 5.75 Å². The third-order valence-corrected chi connectivity index (χ3v) is 11.7. The number of rotatable bonds is 27. The highest BCUT2D eigenvalue weighted by molar-refractivity contribution is 5.90. The zero-order valence-corrected chi connectivity index (χ0v) is 36.6. The van der Waals surface area contributed by atoms with Gasteiger partial charge in [-0.2, -0.15) is 0 Å². The number of hydrogen-bond acceptors (Lipinski definition) is 7. The number of ether oxygens (including phenoxy) is 4. The number of hydrogen-bond donors (Lipinski definition) is 0. The minimum atomic E-state index is -0.583. The van der Waals surface area contributed by atoms with E-state index in [9.17, 15) is 14.4 Å². The summed E-state index contributed by atoms with van der Waals surface area (Å²) in [6, 6.07) is 15.9. The van der Waals surface area contributed by atoms with Crippen LogP contribution in [-0.2, 0) is 28.6 Å². The number of carbonyl (C=O) groups is 3. The van der Waals surface area contributed by atoms with Gasteiger partial charge in [0.25, 0.3) is 0 Å². The molecule has 2 aromatic carbocycles. The summed E-state index contributed by atoms with van der Waals surface area (Å²) in [5.41, 5.74) is 3.20. The molecule has 0 bridgehead atoms. The second-order valence-corrected chi connectivity index (χ2v) is 16.6. The van der Waals surface area contributed by atoms with Crippen LogP contribution in [0.15, 0.2) is 85.2 Å². The molecule has 1 unspecified atom stereocenters. The Morgan fingerprint density at radius 2 is 1.30 bits per heavy atom. The molecule has 0 spiro atoms. The first-order valence-electron chi connectivity index (χ1n) is 23.4. The van der Waals surface area contributed by atoms with Crippen LogP contribution in [0.25, 0.3) is 0 Å². The molecule has 0 radical (unpaired) electrons. The van der Waals surface area contributed by atoms with Gasteiger partial charge in [0.05, 0.1) is 13.2 Å². The standard InChI is InChI=1S/C53H72O7/c1-3-5-6-7-8-12-15-18-24-52(55)59-49-36-31-46(32-37-49)47-33-38-50(39-34-47)60-53(56)40-27-43-25-28-45(29-26-43)44-22-21-23-48(35-30-44)57-41-19-16-13-10-9-11-14-17-20-42-58-51(54)4-2/h4,23,25-26,28-30,33-35,38-39,44,46,49H,2-3,5-22,24,31-32,36-37,41-42H2,1H3. The van der Waals surface area contributed by atoms with Crippen molar-refractivity contribution in [2.24, 2.45) is 0 Å². The lowest BCUT2D eigenvalue weighted by molar-refractivity contribution is -0.150. The predicted molar refractivity (Wildman–Crippen MR) is 242 cm³/mol. The monoisotopic (exact) mass is 821 g/mol. The smallest absolute Gasteiger partial charge is 0.390 e. The van der Waals surface area contributed by atoms with Crippen LogP contribution in [0.3, 0.4) is 0 Å². The number of carbonyl (C=O) groups excluding carboxylic acids is 3. The lowest BCUT2D eigenvalue weighted by atomic mass is 9.83. The molecule has 2 aliphatic carbocycles. The van der Waals surface area contributed by atoms with Crippen molar-refractivity contribution in [1.29, 1.82) is 0 Å². The molecule has 0 aliphatic heterocycles. The van der Waals surface area contributed by atoms with Crippen molar-refractivity contribution in [1.82, 2.24) is 0 Å². The van der Waals surface area contributed by atoms with E-state index in [2.05, 4.69) is 55.7 Å². The van der Waals surface area contributed by atoms with Gasteiger partial charge in [-0.3, -0.25) is 4.79 Å². The number of allylic oxidation sites excluding steroid dienone is 3. The minimum Gasteiger partial charge on any atom is -0.494 e. The molecule has 60 heavy (non-hydrogen) atoms. The van der Waals surface area contributed by atoms with Crippen molar-refractivity contribution in [2.75, 3.05) is 13.2 Å². The van der Waals surface area contributed by atoms with E-state index in [0.717, 1.165) is 88.6 Å². The highest BCUT2D eigenvalue weighted by atomic mass is 16.5. The van der Waals surface area contributed by atoms with Gasteiger partial charge in [0.1, 0.15) is 17.6 Å². The lowest BCUT2D eigenvalue weighted by Crippen LogP contribution is -2.23. The van der Waals surface area contributed by atoms with Crippen molar-refractivity contribution in [2.45, 2.75) is 179 Å². The van der Waals surface area contributed by atoms with Crippen molar-refractivity contribution >= 4 is 17.9 Å². The molecule has 2 aliphatic rings. The molecule has 7 heteroatoms. The average molecular weight is 821 g/mol. The van der Waals surface area contributed by atoms with E-state index < -0.39 is 5.97 Å². The predicted octanol–water partition coefficient (Wildman–Crippen LogP) is 13.3. The third kappa shape index (κ3) is 20.1. The zero-order chi connectivity index (χ0) is 42.5. The SMILES string of the molecule is C=CC(=O)OCCCCCCCCCCCOC1=CCCC(c2ccc(C#CC(=O)Oc3ccc(C4CCC(OC(=O)CCCCCCCCCC)CC4)cc3)cc2)C=C1. The van der Waals surface area contributed by atoms with E-state index in [1.807, 2.05) is 36.4 Å². The molecule has 4 rings (SSSR count). The first kappa shape index (κ1) is 48.1. The van der Waals surface area contributed by atoms with Crippen molar-refractivity contribution in [3.8, 4) is 17.6 Å². The number of unbranched alkanes of at least 4 members (excludes halogenated alkanes) is 15. The maximum atomic E-state index is 12.6. The van der Waals surface area contributed by atoms with E-state index in [4.69, 9.17) is 18.9 Å². The first-order chi connectivity index (χ1) is 29.4. The van der Waals surface area contributed by atoms with Gasteiger partial charge in [-0.05, 0) is 111 Å². The van der Waals surface area contributed by atoms with Crippen LogP contribution in [0.2, 0.25) is 0 Å². The molecule has 2 aromatic rings. The van der Waals surface area contributed by atoms with Crippen LogP contribution in [-0.4, -0.2) is 37.2 Å². The normalized spacial score (nSPS) is 17.4. The van der Waals surface area contributed by atoms with Crippen molar-refractivity contribution in [3.63, 3.8) is 0 Å². The van der Waals surface area contributed by atoms with E-state index in [-0.39, 0.29) is 18.0 Å². The molecular weight excluding hydrogens is 749 g/mol. The summed E-state index contributed by atoms with van der Waals surface area (Å²) < 4.78 is 22.4. The van der Waals surface area contributed by atoms with Gasteiger partial charge < -0.3 is 18.9 Å². The summed E-state index contributed by atoms with van der Waals surface area (Å²) in [5.74, 6) is 6.77. The Labute approximate surface area is 361 Å². The largest absolute Gasteiger partial charge is 0.494 e. The Hall–Kier alpha value is -4.57. The molecule has 0 aromatic heterocycles. The summed E-state index contributed by atoms with van der Waals surface area (Å²) in [6.07, 6.45) is 34.2. The van der Waals surface area contributed by atoms with E-state index in [0.29, 0.717) is 30.6 Å². The lowest BCUT2D eigenvalue weighted by Gasteiger charge is -2.28. The molecule has 1 saturated carbocycles. The zero-order valence-electron chi connectivity index (χ0n) is 36.6. The summed E-state index contributed by atoms with van der Waals surface area (Å²) >= 11 is 0. The van der Waals surface area contributed by atoms with Crippen LogP contribution >= 0.6 is 0 Å². The molecule has 0 amide bonds. The Morgan fingerprint density at radius 1 is 0.700 bits per heavy atom. The summed E-state index contributed by atoms with van der Waals surface area (Å²) in [5, 5.41) is 0. The summed E-state index contributed by atoms with van der Waals surface area (Å²) in [7, 11) is 0. The quantitative estimate of drug-likeness (QED) is 0.0291. The van der Waals surface area contributed by atoms with Crippen molar-refractivity contribution in [3.05, 3.63) is 102 Å². The Morgan fingerprint density at radius 3 is 1.95 bits per heavy atom. The Bertz CT molecular complexity index is 1670. The topological polar surface area (TPSA) is 88.1 Å². The fourth-order valence-electron chi connectivity index (χ4n) is 8.07. The molecule has 1 fully saturated rings. The maximum absolute atomic E-state index is 12.6.